The van der Waals surface area contributed by atoms with Crippen LogP contribution in [0.5, 0.6) is 0 Å². The quantitative estimate of drug-likeness (QED) is 0.715. The SMILES string of the molecule is CC[C@H](C)n1c(=S)[nH]c(=O)c2c(C(F)F)cc(-c3ccn(C)n3)nc21. The Morgan fingerprint density at radius 2 is 2.08 bits per heavy atom. The summed E-state index contributed by atoms with van der Waals surface area (Å²) < 4.78 is 30.6. The van der Waals surface area contributed by atoms with E-state index in [0.717, 1.165) is 0 Å². The van der Waals surface area contributed by atoms with Gasteiger partial charge in [0, 0.05) is 24.8 Å². The van der Waals surface area contributed by atoms with E-state index in [1.807, 2.05) is 13.8 Å². The molecular formula is C16H17F2N5OS. The summed E-state index contributed by atoms with van der Waals surface area (Å²) in [7, 11) is 1.73. The number of aromatic amines is 1. The monoisotopic (exact) mass is 365 g/mol. The van der Waals surface area contributed by atoms with Crippen LogP contribution in [0.25, 0.3) is 22.4 Å². The fraction of sp³-hybridized carbons (Fsp3) is 0.375. The van der Waals surface area contributed by atoms with Crippen molar-refractivity contribution in [3.05, 3.63) is 39.0 Å². The fourth-order valence-corrected chi connectivity index (χ4v) is 3.08. The molecule has 0 fully saturated rings. The van der Waals surface area contributed by atoms with E-state index in [1.165, 1.54) is 6.07 Å². The van der Waals surface area contributed by atoms with Crippen molar-refractivity contribution in [3.63, 3.8) is 0 Å². The smallest absolute Gasteiger partial charge is 0.264 e. The van der Waals surface area contributed by atoms with Crippen molar-refractivity contribution >= 4 is 23.3 Å². The molecule has 9 heteroatoms. The topological polar surface area (TPSA) is 68.5 Å². The predicted molar refractivity (Wildman–Crippen MR) is 93.3 cm³/mol. The minimum Gasteiger partial charge on any atom is -0.300 e. The molecule has 0 radical (unpaired) electrons. The first-order valence-corrected chi connectivity index (χ1v) is 8.22. The normalized spacial score (nSPS) is 12.9. The molecule has 3 heterocycles. The van der Waals surface area contributed by atoms with Crippen LogP contribution in [0.15, 0.2) is 23.1 Å². The fourth-order valence-electron chi connectivity index (χ4n) is 2.72. The Morgan fingerprint density at radius 1 is 1.36 bits per heavy atom. The van der Waals surface area contributed by atoms with Crippen LogP contribution in [0.2, 0.25) is 0 Å². The highest BCUT2D eigenvalue weighted by atomic mass is 32.1. The number of aryl methyl sites for hydroxylation is 1. The molecule has 3 aromatic rings. The van der Waals surface area contributed by atoms with Gasteiger partial charge in [0.05, 0.1) is 11.1 Å². The molecule has 6 nitrogen and oxygen atoms in total. The van der Waals surface area contributed by atoms with Crippen molar-refractivity contribution in [1.82, 2.24) is 24.3 Å². The van der Waals surface area contributed by atoms with Crippen LogP contribution in [0.4, 0.5) is 8.78 Å². The van der Waals surface area contributed by atoms with Gasteiger partial charge in [0.25, 0.3) is 12.0 Å². The van der Waals surface area contributed by atoms with Gasteiger partial charge in [-0.25, -0.2) is 13.8 Å². The largest absolute Gasteiger partial charge is 0.300 e. The Labute approximate surface area is 147 Å². The molecule has 0 aromatic carbocycles. The van der Waals surface area contributed by atoms with Gasteiger partial charge in [0.15, 0.2) is 4.77 Å². The number of rotatable bonds is 4. The molecule has 0 aliphatic rings. The highest BCUT2D eigenvalue weighted by Crippen LogP contribution is 2.30. The molecule has 132 valence electrons. The maximum Gasteiger partial charge on any atom is 0.264 e. The summed E-state index contributed by atoms with van der Waals surface area (Å²) in [4.78, 5) is 19.3. The molecule has 0 amide bonds. The molecule has 1 atom stereocenters. The highest BCUT2D eigenvalue weighted by Gasteiger charge is 2.22. The van der Waals surface area contributed by atoms with Crippen LogP contribution in [0, 0.1) is 4.77 Å². The van der Waals surface area contributed by atoms with Crippen molar-refractivity contribution < 1.29 is 8.78 Å². The molecule has 0 aliphatic carbocycles. The number of halogens is 2. The number of alkyl halides is 2. The lowest BCUT2D eigenvalue weighted by Gasteiger charge is -2.18. The molecule has 0 spiro atoms. The van der Waals surface area contributed by atoms with Crippen molar-refractivity contribution in [1.29, 1.82) is 0 Å². The van der Waals surface area contributed by atoms with Gasteiger partial charge in [-0.1, -0.05) is 6.92 Å². The molecule has 0 aliphatic heterocycles. The van der Waals surface area contributed by atoms with E-state index >= 15 is 0 Å². The van der Waals surface area contributed by atoms with E-state index < -0.39 is 12.0 Å². The lowest BCUT2D eigenvalue weighted by Crippen LogP contribution is -2.20. The number of nitrogens with one attached hydrogen (secondary N) is 1. The third kappa shape index (κ3) is 2.99. The standard InChI is InChI=1S/C16H17F2N5OS/c1-4-8(2)23-14-12(15(24)20-16(23)25)9(13(17)18)7-11(19-14)10-5-6-22(3)21-10/h5-8,13H,4H2,1-3H3,(H,20,24,25)/t8-/m0/s1. The number of aromatic nitrogens is 5. The van der Waals surface area contributed by atoms with Gasteiger partial charge < -0.3 is 0 Å². The minimum absolute atomic E-state index is 0.108. The summed E-state index contributed by atoms with van der Waals surface area (Å²) in [6.45, 7) is 3.84. The Bertz CT molecular complexity index is 1050. The van der Waals surface area contributed by atoms with E-state index in [9.17, 15) is 13.6 Å². The predicted octanol–water partition coefficient (Wildman–Crippen LogP) is 3.76. The Morgan fingerprint density at radius 3 is 2.64 bits per heavy atom. The second kappa shape index (κ2) is 6.47. The third-order valence-corrected chi connectivity index (χ3v) is 4.47. The second-order valence-electron chi connectivity index (χ2n) is 5.86. The summed E-state index contributed by atoms with van der Waals surface area (Å²) >= 11 is 5.24. The maximum atomic E-state index is 13.7. The van der Waals surface area contributed by atoms with E-state index in [2.05, 4.69) is 15.1 Å². The number of hydrogen-bond acceptors (Lipinski definition) is 4. The van der Waals surface area contributed by atoms with Gasteiger partial charge in [0.1, 0.15) is 11.3 Å². The summed E-state index contributed by atoms with van der Waals surface area (Å²) in [5.74, 6) is 0. The average Bonchev–Trinajstić information content (AvgIpc) is 2.99. The van der Waals surface area contributed by atoms with Crippen LogP contribution in [-0.2, 0) is 7.05 Å². The summed E-state index contributed by atoms with van der Waals surface area (Å²) in [5, 5.41) is 4.08. The number of H-pyrrole nitrogens is 1. The van der Waals surface area contributed by atoms with E-state index in [1.54, 1.807) is 28.6 Å². The molecule has 3 rings (SSSR count). The van der Waals surface area contributed by atoms with Gasteiger partial charge >= 0.3 is 0 Å². The molecule has 25 heavy (non-hydrogen) atoms. The van der Waals surface area contributed by atoms with Crippen LogP contribution in [-0.4, -0.2) is 24.3 Å². The Kier molecular flexibility index (Phi) is 4.51. The Hall–Kier alpha value is -2.42. The maximum absolute atomic E-state index is 13.7. The van der Waals surface area contributed by atoms with Gasteiger partial charge in [-0.05, 0) is 37.7 Å². The van der Waals surface area contributed by atoms with E-state index in [0.29, 0.717) is 12.1 Å². The summed E-state index contributed by atoms with van der Waals surface area (Å²) in [5.41, 5.74) is -0.149. The summed E-state index contributed by atoms with van der Waals surface area (Å²) in [6, 6.07) is 2.79. The number of pyridine rings is 1. The highest BCUT2D eigenvalue weighted by molar-refractivity contribution is 7.71. The zero-order valence-electron chi connectivity index (χ0n) is 14.0. The van der Waals surface area contributed by atoms with Gasteiger partial charge in [-0.2, -0.15) is 5.10 Å². The minimum atomic E-state index is -2.82. The van der Waals surface area contributed by atoms with Gasteiger partial charge in [-0.3, -0.25) is 19.0 Å². The lowest BCUT2D eigenvalue weighted by atomic mass is 10.1. The molecule has 0 bridgehead atoms. The van der Waals surface area contributed by atoms with Crippen LogP contribution in [0.3, 0.4) is 0 Å². The zero-order chi connectivity index (χ0) is 18.3. The average molecular weight is 365 g/mol. The molecule has 0 unspecified atom stereocenters. The van der Waals surface area contributed by atoms with E-state index in [4.69, 9.17) is 12.2 Å². The number of fused-ring (bicyclic) bond motifs is 1. The first-order chi connectivity index (χ1) is 11.8. The lowest BCUT2D eigenvalue weighted by molar-refractivity contribution is 0.153. The van der Waals surface area contributed by atoms with Crippen molar-refractivity contribution in [2.24, 2.45) is 7.05 Å². The summed E-state index contributed by atoms with van der Waals surface area (Å²) in [6.07, 6.45) is -0.424. The van der Waals surface area contributed by atoms with Crippen LogP contribution >= 0.6 is 12.2 Å². The first-order valence-electron chi connectivity index (χ1n) is 7.81. The van der Waals surface area contributed by atoms with Crippen LogP contribution in [0.1, 0.15) is 38.3 Å². The van der Waals surface area contributed by atoms with Crippen molar-refractivity contribution in [2.75, 3.05) is 0 Å². The molecular weight excluding hydrogens is 348 g/mol. The Balaban J connectivity index is 2.47. The van der Waals surface area contributed by atoms with Crippen molar-refractivity contribution in [2.45, 2.75) is 32.7 Å². The molecule has 0 saturated carbocycles. The van der Waals surface area contributed by atoms with E-state index in [-0.39, 0.29) is 33.1 Å². The number of nitrogens with zero attached hydrogens (tertiary/aromatic N) is 4. The zero-order valence-corrected chi connectivity index (χ0v) is 14.8. The molecule has 0 saturated heterocycles. The van der Waals surface area contributed by atoms with Gasteiger partial charge in [0.2, 0.25) is 0 Å². The molecule has 1 N–H and O–H groups in total. The number of hydrogen-bond donors (Lipinski definition) is 1. The van der Waals surface area contributed by atoms with Crippen molar-refractivity contribution in [3.8, 4) is 11.4 Å². The third-order valence-electron chi connectivity index (χ3n) is 4.17. The van der Waals surface area contributed by atoms with Crippen LogP contribution < -0.4 is 5.56 Å². The second-order valence-corrected chi connectivity index (χ2v) is 6.24. The van der Waals surface area contributed by atoms with Gasteiger partial charge in [-0.15, -0.1) is 0 Å². The first kappa shape index (κ1) is 17.4. The molecule has 3 aromatic heterocycles.